The van der Waals surface area contributed by atoms with Gasteiger partial charge in [-0.25, -0.2) is 9.97 Å². The summed E-state index contributed by atoms with van der Waals surface area (Å²) in [6, 6.07) is 0.0370. The fraction of sp³-hybridized carbons (Fsp3) is 0.400. The van der Waals surface area contributed by atoms with Crippen molar-refractivity contribution in [3.8, 4) is 0 Å². The SMILES string of the molecule is Cc1coc(C2NCCn3cncc32)n1. The number of nitrogens with one attached hydrogen (secondary N) is 1. The quantitative estimate of drug-likeness (QED) is 0.749. The summed E-state index contributed by atoms with van der Waals surface area (Å²) in [6.45, 7) is 3.79. The Bertz CT molecular complexity index is 473. The Hall–Kier alpha value is -1.62. The second-order valence-corrected chi connectivity index (χ2v) is 3.73. The van der Waals surface area contributed by atoms with Gasteiger partial charge >= 0.3 is 0 Å². The highest BCUT2D eigenvalue weighted by molar-refractivity contribution is 5.16. The number of fused-ring (bicyclic) bond motifs is 1. The number of aromatic nitrogens is 3. The third kappa shape index (κ3) is 1.35. The van der Waals surface area contributed by atoms with Gasteiger partial charge in [0, 0.05) is 13.1 Å². The van der Waals surface area contributed by atoms with Crippen molar-refractivity contribution in [2.75, 3.05) is 6.54 Å². The molecule has 1 unspecified atom stereocenters. The molecule has 0 saturated heterocycles. The van der Waals surface area contributed by atoms with Gasteiger partial charge < -0.3 is 8.98 Å². The van der Waals surface area contributed by atoms with E-state index in [0.717, 1.165) is 24.5 Å². The first-order valence-corrected chi connectivity index (χ1v) is 5.00. The molecule has 0 aliphatic carbocycles. The van der Waals surface area contributed by atoms with Gasteiger partial charge in [-0.1, -0.05) is 0 Å². The van der Waals surface area contributed by atoms with Crippen LogP contribution in [0.15, 0.2) is 23.2 Å². The maximum atomic E-state index is 5.42. The Balaban J connectivity index is 2.02. The standard InChI is InChI=1S/C10H12N4O/c1-7-5-15-10(13-7)9-8-4-11-6-14(8)3-2-12-9/h4-6,9,12H,2-3H2,1H3. The van der Waals surface area contributed by atoms with Crippen LogP contribution in [-0.4, -0.2) is 21.1 Å². The minimum Gasteiger partial charge on any atom is -0.447 e. The molecule has 0 saturated carbocycles. The van der Waals surface area contributed by atoms with E-state index < -0.39 is 0 Å². The lowest BCUT2D eigenvalue weighted by Crippen LogP contribution is -2.33. The summed E-state index contributed by atoms with van der Waals surface area (Å²) in [5, 5.41) is 3.37. The fourth-order valence-corrected chi connectivity index (χ4v) is 1.91. The Morgan fingerprint density at radius 2 is 2.53 bits per heavy atom. The predicted molar refractivity (Wildman–Crippen MR) is 53.3 cm³/mol. The Kier molecular flexibility index (Phi) is 1.85. The lowest BCUT2D eigenvalue weighted by atomic mass is 10.2. The van der Waals surface area contributed by atoms with Gasteiger partial charge in [-0.2, -0.15) is 0 Å². The second-order valence-electron chi connectivity index (χ2n) is 3.73. The van der Waals surface area contributed by atoms with Crippen molar-refractivity contribution >= 4 is 0 Å². The first kappa shape index (κ1) is 8.67. The number of aryl methyl sites for hydroxylation is 1. The van der Waals surface area contributed by atoms with Crippen LogP contribution >= 0.6 is 0 Å². The summed E-state index contributed by atoms with van der Waals surface area (Å²) in [4.78, 5) is 8.48. The van der Waals surface area contributed by atoms with Crippen LogP contribution in [0.1, 0.15) is 23.3 Å². The van der Waals surface area contributed by atoms with Gasteiger partial charge in [-0.3, -0.25) is 5.32 Å². The van der Waals surface area contributed by atoms with Crippen LogP contribution in [0.25, 0.3) is 0 Å². The Morgan fingerprint density at radius 1 is 1.60 bits per heavy atom. The molecule has 3 rings (SSSR count). The van der Waals surface area contributed by atoms with Gasteiger partial charge in [0.15, 0.2) is 0 Å². The molecule has 5 heteroatoms. The van der Waals surface area contributed by atoms with Gasteiger partial charge in [0.1, 0.15) is 12.3 Å². The van der Waals surface area contributed by atoms with Crippen LogP contribution in [-0.2, 0) is 6.54 Å². The molecule has 1 atom stereocenters. The van der Waals surface area contributed by atoms with E-state index in [2.05, 4.69) is 19.9 Å². The summed E-state index contributed by atoms with van der Waals surface area (Å²) >= 11 is 0. The number of rotatable bonds is 1. The van der Waals surface area contributed by atoms with Crippen LogP contribution < -0.4 is 5.32 Å². The molecule has 3 heterocycles. The molecule has 0 amide bonds. The van der Waals surface area contributed by atoms with Gasteiger partial charge in [0.25, 0.3) is 0 Å². The van der Waals surface area contributed by atoms with Crippen LogP contribution in [0.2, 0.25) is 0 Å². The predicted octanol–water partition coefficient (Wildman–Crippen LogP) is 0.872. The van der Waals surface area contributed by atoms with E-state index in [9.17, 15) is 0 Å². The normalized spacial score (nSPS) is 20.2. The van der Waals surface area contributed by atoms with E-state index in [-0.39, 0.29) is 6.04 Å². The molecule has 0 radical (unpaired) electrons. The molecule has 78 valence electrons. The van der Waals surface area contributed by atoms with E-state index in [1.54, 1.807) is 6.26 Å². The first-order valence-electron chi connectivity index (χ1n) is 5.00. The monoisotopic (exact) mass is 204 g/mol. The van der Waals surface area contributed by atoms with Crippen molar-refractivity contribution < 1.29 is 4.42 Å². The molecule has 5 nitrogen and oxygen atoms in total. The highest BCUT2D eigenvalue weighted by Gasteiger charge is 2.25. The number of hydrogen-bond acceptors (Lipinski definition) is 4. The van der Waals surface area contributed by atoms with Crippen LogP contribution in [0.3, 0.4) is 0 Å². The number of hydrogen-bond donors (Lipinski definition) is 1. The molecular weight excluding hydrogens is 192 g/mol. The third-order valence-corrected chi connectivity index (χ3v) is 2.63. The molecule has 0 aromatic carbocycles. The Labute approximate surface area is 87.1 Å². The number of nitrogens with zero attached hydrogens (tertiary/aromatic N) is 3. The molecule has 0 bridgehead atoms. The van der Waals surface area contributed by atoms with Gasteiger partial charge in [0.05, 0.1) is 23.9 Å². The van der Waals surface area contributed by atoms with Crippen LogP contribution in [0.4, 0.5) is 0 Å². The third-order valence-electron chi connectivity index (χ3n) is 2.63. The van der Waals surface area contributed by atoms with E-state index >= 15 is 0 Å². The topological polar surface area (TPSA) is 55.9 Å². The molecule has 0 fully saturated rings. The van der Waals surface area contributed by atoms with Gasteiger partial charge in [-0.05, 0) is 6.92 Å². The lowest BCUT2D eigenvalue weighted by Gasteiger charge is -2.22. The molecular formula is C10H12N4O. The Morgan fingerprint density at radius 3 is 3.33 bits per heavy atom. The highest BCUT2D eigenvalue weighted by atomic mass is 16.3. The van der Waals surface area contributed by atoms with Crippen molar-refractivity contribution in [2.45, 2.75) is 19.5 Å². The van der Waals surface area contributed by atoms with Crippen molar-refractivity contribution in [3.05, 3.63) is 36.1 Å². The lowest BCUT2D eigenvalue weighted by molar-refractivity contribution is 0.384. The van der Waals surface area contributed by atoms with Gasteiger partial charge in [0.2, 0.25) is 5.89 Å². The molecule has 1 N–H and O–H groups in total. The zero-order chi connectivity index (χ0) is 10.3. The smallest absolute Gasteiger partial charge is 0.217 e. The average molecular weight is 204 g/mol. The second kappa shape index (κ2) is 3.20. The molecule has 1 aliphatic rings. The van der Waals surface area contributed by atoms with Crippen molar-refractivity contribution in [3.63, 3.8) is 0 Å². The maximum Gasteiger partial charge on any atom is 0.217 e. The van der Waals surface area contributed by atoms with E-state index in [4.69, 9.17) is 4.42 Å². The zero-order valence-corrected chi connectivity index (χ0v) is 8.47. The summed E-state index contributed by atoms with van der Waals surface area (Å²) in [5.41, 5.74) is 2.02. The van der Waals surface area contributed by atoms with Crippen LogP contribution in [0.5, 0.6) is 0 Å². The van der Waals surface area contributed by atoms with Crippen molar-refractivity contribution in [1.29, 1.82) is 0 Å². The number of imidazole rings is 1. The summed E-state index contributed by atoms with van der Waals surface area (Å²) in [5.74, 6) is 0.717. The van der Waals surface area contributed by atoms with E-state index in [0.29, 0.717) is 5.89 Å². The fourth-order valence-electron chi connectivity index (χ4n) is 1.91. The maximum absolute atomic E-state index is 5.42. The molecule has 1 aliphatic heterocycles. The average Bonchev–Trinajstić information content (AvgIpc) is 2.84. The minimum atomic E-state index is 0.0370. The largest absolute Gasteiger partial charge is 0.447 e. The summed E-state index contributed by atoms with van der Waals surface area (Å²) < 4.78 is 7.54. The molecule has 2 aromatic heterocycles. The molecule has 15 heavy (non-hydrogen) atoms. The van der Waals surface area contributed by atoms with E-state index in [1.807, 2.05) is 19.4 Å². The van der Waals surface area contributed by atoms with Gasteiger partial charge in [-0.15, -0.1) is 0 Å². The molecule has 2 aromatic rings. The van der Waals surface area contributed by atoms with E-state index in [1.165, 1.54) is 0 Å². The van der Waals surface area contributed by atoms with Crippen molar-refractivity contribution in [1.82, 2.24) is 19.9 Å². The number of oxazole rings is 1. The zero-order valence-electron chi connectivity index (χ0n) is 8.47. The van der Waals surface area contributed by atoms with Crippen molar-refractivity contribution in [2.24, 2.45) is 0 Å². The summed E-state index contributed by atoms with van der Waals surface area (Å²) in [6.07, 6.45) is 5.38. The first-order chi connectivity index (χ1) is 7.34. The van der Waals surface area contributed by atoms with Crippen LogP contribution in [0, 0.1) is 6.92 Å². The minimum absolute atomic E-state index is 0.0370. The molecule has 0 spiro atoms. The highest BCUT2D eigenvalue weighted by Crippen LogP contribution is 2.23. The summed E-state index contributed by atoms with van der Waals surface area (Å²) in [7, 11) is 0.